The van der Waals surface area contributed by atoms with Crippen molar-refractivity contribution in [1.29, 1.82) is 0 Å². The Kier molecular flexibility index (Phi) is 6.52. The zero-order valence-corrected chi connectivity index (χ0v) is 16.0. The molecule has 1 amide bonds. The molecule has 0 aromatic heterocycles. The summed E-state index contributed by atoms with van der Waals surface area (Å²) >= 11 is 0. The third-order valence-corrected chi connectivity index (χ3v) is 5.31. The van der Waals surface area contributed by atoms with Gasteiger partial charge in [0.25, 0.3) is 0 Å². The van der Waals surface area contributed by atoms with Gasteiger partial charge in [-0.2, -0.15) is 0 Å². The minimum absolute atomic E-state index is 0.0516. The normalized spacial score (nSPS) is 14.0. The van der Waals surface area contributed by atoms with Crippen LogP contribution in [0.2, 0.25) is 0 Å². The number of benzene rings is 2. The minimum Gasteiger partial charge on any atom is -0.348 e. The first-order valence-electron chi connectivity index (χ1n) is 8.36. The number of sulfonamides is 1. The summed E-state index contributed by atoms with van der Waals surface area (Å²) in [5.74, 6) is -0.0912. The van der Waals surface area contributed by atoms with Gasteiger partial charge in [0.05, 0.1) is 17.0 Å². The first kappa shape index (κ1) is 20.1. The van der Waals surface area contributed by atoms with Gasteiger partial charge in [-0.25, -0.2) is 13.6 Å². The molecule has 0 fully saturated rings. The van der Waals surface area contributed by atoms with Gasteiger partial charge in [-0.05, 0) is 44.2 Å². The average Bonchev–Trinajstić information content (AvgIpc) is 2.61. The number of hydrogen-bond donors (Lipinski definition) is 2. The second-order valence-electron chi connectivity index (χ2n) is 6.42. The van der Waals surface area contributed by atoms with Gasteiger partial charge in [-0.1, -0.05) is 42.5 Å². The van der Waals surface area contributed by atoms with Gasteiger partial charge in [0.2, 0.25) is 15.9 Å². The van der Waals surface area contributed by atoms with Crippen LogP contribution in [0.15, 0.2) is 59.5 Å². The highest BCUT2D eigenvalue weighted by molar-refractivity contribution is 7.89. The molecule has 0 heterocycles. The summed E-state index contributed by atoms with van der Waals surface area (Å²) < 4.78 is 22.6. The number of carbonyl (C=O) groups excluding carboxylic acids is 1. The van der Waals surface area contributed by atoms with E-state index < -0.39 is 10.0 Å². The van der Waals surface area contributed by atoms with Gasteiger partial charge in [0.15, 0.2) is 0 Å². The molecule has 2 aromatic rings. The van der Waals surface area contributed by atoms with Crippen molar-refractivity contribution < 1.29 is 13.2 Å². The van der Waals surface area contributed by atoms with Crippen LogP contribution in [0.25, 0.3) is 0 Å². The Balaban J connectivity index is 1.97. The number of amides is 1. The summed E-state index contributed by atoms with van der Waals surface area (Å²) in [5.41, 5.74) is 1.95. The molecular weight excluding hydrogens is 350 g/mol. The molecule has 3 N–H and O–H groups in total. The van der Waals surface area contributed by atoms with Gasteiger partial charge in [0, 0.05) is 6.54 Å². The fraction of sp³-hybridized carbons (Fsp3) is 0.316. The van der Waals surface area contributed by atoms with Gasteiger partial charge in [-0.15, -0.1) is 0 Å². The average molecular weight is 375 g/mol. The summed E-state index contributed by atoms with van der Waals surface area (Å²) in [7, 11) is -1.81. The van der Waals surface area contributed by atoms with E-state index >= 15 is 0 Å². The summed E-state index contributed by atoms with van der Waals surface area (Å²) in [4.78, 5) is 14.5. The van der Waals surface area contributed by atoms with Crippen molar-refractivity contribution in [3.05, 3.63) is 65.7 Å². The molecule has 140 valence electrons. The summed E-state index contributed by atoms with van der Waals surface area (Å²) in [6, 6.07) is 15.6. The number of rotatable bonds is 7. The van der Waals surface area contributed by atoms with Crippen molar-refractivity contribution in [2.24, 2.45) is 5.14 Å². The summed E-state index contributed by atoms with van der Waals surface area (Å²) in [6.45, 7) is 4.38. The van der Waals surface area contributed by atoms with E-state index in [1.807, 2.05) is 56.1 Å². The SMILES string of the molecule is C[C@@H](NC(=O)[C@H](C)N(C)Cc1ccccc1)c1ccc(S(N)(=O)=O)cc1. The number of nitrogens with zero attached hydrogens (tertiary/aromatic N) is 1. The maximum atomic E-state index is 12.5. The molecule has 2 aromatic carbocycles. The Morgan fingerprint density at radius 3 is 2.19 bits per heavy atom. The van der Waals surface area contributed by atoms with Gasteiger partial charge >= 0.3 is 0 Å². The van der Waals surface area contributed by atoms with Crippen molar-refractivity contribution in [1.82, 2.24) is 10.2 Å². The van der Waals surface area contributed by atoms with E-state index in [-0.39, 0.29) is 22.9 Å². The first-order chi connectivity index (χ1) is 12.2. The fourth-order valence-corrected chi connectivity index (χ4v) is 3.09. The van der Waals surface area contributed by atoms with Crippen molar-refractivity contribution in [3.8, 4) is 0 Å². The van der Waals surface area contributed by atoms with Crippen LogP contribution in [0.3, 0.4) is 0 Å². The van der Waals surface area contributed by atoms with Gasteiger partial charge in [-0.3, -0.25) is 9.69 Å². The predicted octanol–water partition coefficient (Wildman–Crippen LogP) is 2.03. The molecule has 0 bridgehead atoms. The molecule has 2 rings (SSSR count). The quantitative estimate of drug-likeness (QED) is 0.774. The zero-order valence-electron chi connectivity index (χ0n) is 15.2. The van der Waals surface area contributed by atoms with Crippen molar-refractivity contribution in [2.75, 3.05) is 7.05 Å². The first-order valence-corrected chi connectivity index (χ1v) is 9.90. The molecule has 0 aliphatic rings. The molecular formula is C19H25N3O3S. The molecule has 26 heavy (non-hydrogen) atoms. The summed E-state index contributed by atoms with van der Waals surface area (Å²) in [5, 5.41) is 8.06. The lowest BCUT2D eigenvalue weighted by Gasteiger charge is -2.25. The Hall–Kier alpha value is -2.22. The summed E-state index contributed by atoms with van der Waals surface area (Å²) in [6.07, 6.45) is 0. The van der Waals surface area contributed by atoms with Crippen molar-refractivity contribution >= 4 is 15.9 Å². The predicted molar refractivity (Wildman–Crippen MR) is 102 cm³/mol. The molecule has 0 saturated heterocycles. The van der Waals surface area contributed by atoms with E-state index in [4.69, 9.17) is 5.14 Å². The number of likely N-dealkylation sites (N-methyl/N-ethyl adjacent to an activating group) is 1. The number of hydrogen-bond acceptors (Lipinski definition) is 4. The molecule has 0 radical (unpaired) electrons. The fourth-order valence-electron chi connectivity index (χ4n) is 2.57. The van der Waals surface area contributed by atoms with Gasteiger partial charge < -0.3 is 5.32 Å². The van der Waals surface area contributed by atoms with Crippen LogP contribution in [-0.4, -0.2) is 32.3 Å². The van der Waals surface area contributed by atoms with Crippen molar-refractivity contribution in [2.45, 2.75) is 37.4 Å². The third kappa shape index (κ3) is 5.39. The van der Waals surface area contributed by atoms with Crippen LogP contribution in [0, 0.1) is 0 Å². The zero-order chi connectivity index (χ0) is 19.3. The van der Waals surface area contributed by atoms with Crippen LogP contribution in [0.5, 0.6) is 0 Å². The van der Waals surface area contributed by atoms with E-state index in [1.54, 1.807) is 12.1 Å². The second-order valence-corrected chi connectivity index (χ2v) is 7.98. The van der Waals surface area contributed by atoms with Crippen LogP contribution in [0.4, 0.5) is 0 Å². The van der Waals surface area contributed by atoms with E-state index in [9.17, 15) is 13.2 Å². The molecule has 0 aliphatic carbocycles. The van der Waals surface area contributed by atoms with Crippen molar-refractivity contribution in [3.63, 3.8) is 0 Å². The standard InChI is InChI=1S/C19H25N3O3S/c1-14(17-9-11-18(12-10-17)26(20,24)25)21-19(23)15(2)22(3)13-16-7-5-4-6-8-16/h4-12,14-15H,13H2,1-3H3,(H,21,23)(H2,20,24,25)/t14-,15+/m1/s1. The van der Waals surface area contributed by atoms with Crippen LogP contribution < -0.4 is 10.5 Å². The molecule has 0 aliphatic heterocycles. The smallest absolute Gasteiger partial charge is 0.238 e. The lowest BCUT2D eigenvalue weighted by atomic mass is 10.1. The highest BCUT2D eigenvalue weighted by Crippen LogP contribution is 2.16. The van der Waals surface area contributed by atoms with Crippen LogP contribution in [0.1, 0.15) is 31.0 Å². The molecule has 0 unspecified atom stereocenters. The topological polar surface area (TPSA) is 92.5 Å². The molecule has 7 heteroatoms. The number of nitrogens with two attached hydrogens (primary N) is 1. The minimum atomic E-state index is -3.72. The van der Waals surface area contributed by atoms with Gasteiger partial charge in [0.1, 0.15) is 0 Å². The van der Waals surface area contributed by atoms with E-state index in [2.05, 4.69) is 5.32 Å². The van der Waals surface area contributed by atoms with Crippen LogP contribution >= 0.6 is 0 Å². The molecule has 2 atom stereocenters. The van der Waals surface area contributed by atoms with E-state index in [0.29, 0.717) is 6.54 Å². The third-order valence-electron chi connectivity index (χ3n) is 4.38. The maximum absolute atomic E-state index is 12.5. The van der Waals surface area contributed by atoms with E-state index in [0.717, 1.165) is 11.1 Å². The monoisotopic (exact) mass is 375 g/mol. The molecule has 6 nitrogen and oxygen atoms in total. The lowest BCUT2D eigenvalue weighted by Crippen LogP contribution is -2.43. The molecule has 0 spiro atoms. The highest BCUT2D eigenvalue weighted by Gasteiger charge is 2.20. The largest absolute Gasteiger partial charge is 0.348 e. The number of nitrogens with one attached hydrogen (secondary N) is 1. The number of primary sulfonamides is 1. The van der Waals surface area contributed by atoms with E-state index in [1.165, 1.54) is 12.1 Å². The maximum Gasteiger partial charge on any atom is 0.238 e. The Bertz CT molecular complexity index is 836. The Labute approximate surface area is 155 Å². The van der Waals surface area contributed by atoms with Crippen LogP contribution in [-0.2, 0) is 21.4 Å². The highest BCUT2D eigenvalue weighted by atomic mass is 32.2. The lowest BCUT2D eigenvalue weighted by molar-refractivity contribution is -0.126. The second kappa shape index (κ2) is 8.44. The number of carbonyl (C=O) groups is 1. The Morgan fingerprint density at radius 1 is 1.08 bits per heavy atom. The molecule has 0 saturated carbocycles. The Morgan fingerprint density at radius 2 is 1.65 bits per heavy atom.